The molecule has 202 valence electrons. The lowest BCUT2D eigenvalue weighted by molar-refractivity contribution is -0.274. The summed E-state index contributed by atoms with van der Waals surface area (Å²) in [6, 6.07) is 18.5. The minimum atomic E-state index is -4.74. The molecule has 0 unspecified atom stereocenters. The third-order valence-electron chi connectivity index (χ3n) is 5.50. The number of halogens is 3. The molecular formula is C27H25F3N6O2S. The van der Waals surface area contributed by atoms with Crippen molar-refractivity contribution < 1.29 is 22.6 Å². The van der Waals surface area contributed by atoms with E-state index in [1.807, 2.05) is 42.5 Å². The van der Waals surface area contributed by atoms with Crippen molar-refractivity contribution in [1.82, 2.24) is 20.2 Å². The van der Waals surface area contributed by atoms with Gasteiger partial charge in [0.25, 0.3) is 0 Å². The first-order valence-electron chi connectivity index (χ1n) is 11.8. The lowest BCUT2D eigenvalue weighted by Gasteiger charge is -2.16. The highest BCUT2D eigenvalue weighted by Crippen LogP contribution is 2.28. The molecule has 0 bridgehead atoms. The van der Waals surface area contributed by atoms with E-state index in [9.17, 15) is 13.2 Å². The number of rotatable bonds is 8. The van der Waals surface area contributed by atoms with Crippen molar-refractivity contribution in [2.24, 2.45) is 5.10 Å². The molecule has 0 atom stereocenters. The highest BCUT2D eigenvalue weighted by Gasteiger charge is 2.31. The fourth-order valence-electron chi connectivity index (χ4n) is 3.61. The molecule has 1 aromatic heterocycles. The van der Waals surface area contributed by atoms with Crippen LogP contribution in [0.4, 0.5) is 18.9 Å². The maximum atomic E-state index is 12.4. The molecule has 0 radical (unpaired) electrons. The molecule has 3 aromatic carbocycles. The minimum Gasteiger partial charge on any atom is -0.497 e. The number of alkyl halides is 3. The number of thiocarbonyl (C=S) groups is 1. The molecular weight excluding hydrogens is 529 g/mol. The fraction of sp³-hybridized carbons (Fsp3) is 0.185. The van der Waals surface area contributed by atoms with Crippen molar-refractivity contribution in [3.05, 3.63) is 84.2 Å². The number of hydrogen-bond donors (Lipinski definition) is 2. The number of ether oxygens (including phenoxy) is 2. The number of anilines is 1. The Kier molecular flexibility index (Phi) is 8.45. The Hall–Kier alpha value is -4.45. The second-order valence-corrected chi connectivity index (χ2v) is 9.02. The average Bonchev–Trinajstić information content (AvgIpc) is 3.39. The van der Waals surface area contributed by atoms with Gasteiger partial charge in [0.2, 0.25) is 0 Å². The molecule has 12 heteroatoms. The topological polar surface area (TPSA) is 85.6 Å². The summed E-state index contributed by atoms with van der Waals surface area (Å²) in [5, 5.41) is 12.1. The number of nitrogens with one attached hydrogen (secondary N) is 2. The molecule has 39 heavy (non-hydrogen) atoms. The molecule has 4 rings (SSSR count). The van der Waals surface area contributed by atoms with E-state index < -0.39 is 6.36 Å². The summed E-state index contributed by atoms with van der Waals surface area (Å²) in [6.07, 6.45) is -1.63. The van der Waals surface area contributed by atoms with E-state index in [1.165, 1.54) is 35.3 Å². The van der Waals surface area contributed by atoms with Gasteiger partial charge in [0.15, 0.2) is 10.9 Å². The zero-order valence-electron chi connectivity index (χ0n) is 21.2. The van der Waals surface area contributed by atoms with E-state index in [-0.39, 0.29) is 11.7 Å². The number of hydrazone groups is 1. The highest BCUT2D eigenvalue weighted by molar-refractivity contribution is 7.80. The van der Waals surface area contributed by atoms with Gasteiger partial charge in [0, 0.05) is 11.3 Å². The van der Waals surface area contributed by atoms with E-state index in [1.54, 1.807) is 13.3 Å². The molecule has 0 spiro atoms. The van der Waals surface area contributed by atoms with Crippen LogP contribution in [0.15, 0.2) is 78.2 Å². The summed E-state index contributed by atoms with van der Waals surface area (Å²) in [5.74, 6) is 1.20. The Labute approximate surface area is 228 Å². The zero-order valence-corrected chi connectivity index (χ0v) is 22.0. The Bertz CT molecular complexity index is 1450. The Balaban J connectivity index is 1.35. The molecule has 1 heterocycles. The van der Waals surface area contributed by atoms with Crippen LogP contribution >= 0.6 is 12.2 Å². The van der Waals surface area contributed by atoms with Crippen LogP contribution in [0.5, 0.6) is 11.5 Å². The Morgan fingerprint density at radius 2 is 1.72 bits per heavy atom. The zero-order chi connectivity index (χ0) is 28.0. The SMILES string of the molecule is COc1ccc(NC(=S)N/N=C/c2ccc(-c3ncn(-c4ccc(OC(F)(F)F)cc4)n3)cc2)c(C(C)C)c1. The van der Waals surface area contributed by atoms with Crippen LogP contribution in [0.1, 0.15) is 30.9 Å². The van der Waals surface area contributed by atoms with Gasteiger partial charge in [-0.1, -0.05) is 38.1 Å². The number of methoxy groups -OCH3 is 1. The number of benzene rings is 3. The molecule has 0 saturated carbocycles. The van der Waals surface area contributed by atoms with Gasteiger partial charge in [-0.15, -0.1) is 18.3 Å². The first-order valence-corrected chi connectivity index (χ1v) is 12.2. The fourth-order valence-corrected chi connectivity index (χ4v) is 3.78. The summed E-state index contributed by atoms with van der Waals surface area (Å²) < 4.78 is 47.7. The lowest BCUT2D eigenvalue weighted by atomic mass is 10.0. The third-order valence-corrected chi connectivity index (χ3v) is 5.70. The molecule has 0 aliphatic heterocycles. The van der Waals surface area contributed by atoms with Gasteiger partial charge < -0.3 is 14.8 Å². The van der Waals surface area contributed by atoms with E-state index in [2.05, 4.69) is 44.5 Å². The Morgan fingerprint density at radius 3 is 2.36 bits per heavy atom. The van der Waals surface area contributed by atoms with Crippen LogP contribution in [0.3, 0.4) is 0 Å². The number of hydrogen-bond acceptors (Lipinski definition) is 6. The van der Waals surface area contributed by atoms with E-state index in [4.69, 9.17) is 17.0 Å². The predicted molar refractivity (Wildman–Crippen MR) is 148 cm³/mol. The van der Waals surface area contributed by atoms with Crippen LogP contribution in [-0.4, -0.2) is 39.6 Å². The van der Waals surface area contributed by atoms with Crippen molar-refractivity contribution in [2.75, 3.05) is 12.4 Å². The van der Waals surface area contributed by atoms with Crippen molar-refractivity contribution in [3.63, 3.8) is 0 Å². The smallest absolute Gasteiger partial charge is 0.497 e. The summed E-state index contributed by atoms with van der Waals surface area (Å²) in [4.78, 5) is 4.29. The van der Waals surface area contributed by atoms with Crippen LogP contribution in [0.2, 0.25) is 0 Å². The lowest BCUT2D eigenvalue weighted by Crippen LogP contribution is -2.24. The second kappa shape index (κ2) is 11.9. The van der Waals surface area contributed by atoms with E-state index in [0.717, 1.165) is 28.1 Å². The van der Waals surface area contributed by atoms with Gasteiger partial charge in [-0.3, -0.25) is 5.43 Å². The van der Waals surface area contributed by atoms with E-state index in [0.29, 0.717) is 16.6 Å². The summed E-state index contributed by atoms with van der Waals surface area (Å²) in [7, 11) is 1.63. The standard InChI is InChI=1S/C27H25F3N6O2S/c1-17(2)23-14-22(37-3)12-13-24(23)33-26(39)34-32-15-18-4-6-19(7-5-18)25-31-16-36(35-25)20-8-10-21(11-9-20)38-27(28,29)30/h4-17H,1-3H3,(H2,33,34,39)/b32-15+. The quantitative estimate of drug-likeness (QED) is 0.151. The van der Waals surface area contributed by atoms with Crippen LogP contribution in [0, 0.1) is 0 Å². The van der Waals surface area contributed by atoms with Gasteiger partial charge in [-0.2, -0.15) is 5.10 Å². The summed E-state index contributed by atoms with van der Waals surface area (Å²) >= 11 is 5.37. The monoisotopic (exact) mass is 554 g/mol. The number of aromatic nitrogens is 3. The first-order chi connectivity index (χ1) is 18.6. The molecule has 2 N–H and O–H groups in total. The molecule has 8 nitrogen and oxygen atoms in total. The van der Waals surface area contributed by atoms with Gasteiger partial charge in [-0.05, 0) is 71.7 Å². The molecule has 0 saturated heterocycles. The number of nitrogens with zero attached hydrogens (tertiary/aromatic N) is 4. The molecule has 0 amide bonds. The molecule has 0 aliphatic rings. The van der Waals surface area contributed by atoms with Crippen molar-refractivity contribution in [3.8, 4) is 28.6 Å². The summed E-state index contributed by atoms with van der Waals surface area (Å²) in [5.41, 5.74) is 6.88. The van der Waals surface area contributed by atoms with Crippen molar-refractivity contribution in [2.45, 2.75) is 26.1 Å². The largest absolute Gasteiger partial charge is 0.573 e. The average molecular weight is 555 g/mol. The highest BCUT2D eigenvalue weighted by atomic mass is 32.1. The van der Waals surface area contributed by atoms with Gasteiger partial charge >= 0.3 is 6.36 Å². The van der Waals surface area contributed by atoms with Gasteiger partial charge in [0.05, 0.1) is 19.0 Å². The molecule has 0 aliphatic carbocycles. The molecule has 0 fully saturated rings. The van der Waals surface area contributed by atoms with Crippen molar-refractivity contribution in [1.29, 1.82) is 0 Å². The maximum Gasteiger partial charge on any atom is 0.573 e. The summed E-state index contributed by atoms with van der Waals surface area (Å²) in [6.45, 7) is 4.18. The maximum absolute atomic E-state index is 12.4. The van der Waals surface area contributed by atoms with Crippen LogP contribution in [0.25, 0.3) is 17.1 Å². The molecule has 4 aromatic rings. The second-order valence-electron chi connectivity index (χ2n) is 8.61. The van der Waals surface area contributed by atoms with Crippen LogP contribution in [-0.2, 0) is 0 Å². The van der Waals surface area contributed by atoms with Crippen LogP contribution < -0.4 is 20.2 Å². The first kappa shape index (κ1) is 27.6. The minimum absolute atomic E-state index is 0.270. The predicted octanol–water partition coefficient (Wildman–Crippen LogP) is 6.29. The third kappa shape index (κ3) is 7.54. The Morgan fingerprint density at radius 1 is 1.03 bits per heavy atom. The van der Waals surface area contributed by atoms with E-state index >= 15 is 0 Å². The normalized spacial score (nSPS) is 11.6. The van der Waals surface area contributed by atoms with Crippen molar-refractivity contribution >= 4 is 29.2 Å². The van der Waals surface area contributed by atoms with Gasteiger partial charge in [0.1, 0.15) is 17.8 Å². The van der Waals surface area contributed by atoms with Gasteiger partial charge in [-0.25, -0.2) is 9.67 Å².